The van der Waals surface area contributed by atoms with Gasteiger partial charge < -0.3 is 0 Å². The fourth-order valence-corrected chi connectivity index (χ4v) is 4.15. The van der Waals surface area contributed by atoms with Gasteiger partial charge in [0.05, 0.1) is 0 Å². The molecule has 0 bridgehead atoms. The largest absolute Gasteiger partial charge is 0.235 e. The highest BCUT2D eigenvalue weighted by atomic mass is 16.1. The SMILES string of the molecule is C=CCc1ccccc1C(CC=C)(N=C=O)C1(N=C=O)CCCCC1. The second kappa shape index (κ2) is 8.53. The lowest BCUT2D eigenvalue weighted by Gasteiger charge is -2.46. The van der Waals surface area contributed by atoms with Gasteiger partial charge >= 0.3 is 0 Å². The Morgan fingerprint density at radius 2 is 1.80 bits per heavy atom. The van der Waals surface area contributed by atoms with Crippen LogP contribution < -0.4 is 0 Å². The third-order valence-electron chi connectivity index (χ3n) is 5.21. The van der Waals surface area contributed by atoms with Gasteiger partial charge in [-0.3, -0.25) is 0 Å². The molecule has 1 aromatic rings. The number of aliphatic imine (C=N–C) groups is 2. The van der Waals surface area contributed by atoms with Gasteiger partial charge in [-0.1, -0.05) is 55.7 Å². The smallest absolute Gasteiger partial charge is 0.211 e. The van der Waals surface area contributed by atoms with E-state index in [1.807, 2.05) is 30.3 Å². The first-order chi connectivity index (χ1) is 12.2. The van der Waals surface area contributed by atoms with Crippen LogP contribution in [0.25, 0.3) is 0 Å². The summed E-state index contributed by atoms with van der Waals surface area (Å²) in [5, 5.41) is 0. The molecule has 1 fully saturated rings. The molecule has 1 aliphatic carbocycles. The van der Waals surface area contributed by atoms with Crippen LogP contribution in [0.5, 0.6) is 0 Å². The van der Waals surface area contributed by atoms with E-state index in [1.165, 1.54) is 0 Å². The Bertz CT molecular complexity index is 721. The average molecular weight is 336 g/mol. The minimum atomic E-state index is -0.992. The van der Waals surface area contributed by atoms with E-state index in [2.05, 4.69) is 23.1 Å². The van der Waals surface area contributed by atoms with E-state index in [-0.39, 0.29) is 0 Å². The van der Waals surface area contributed by atoms with Crippen LogP contribution in [0.4, 0.5) is 0 Å². The zero-order chi connectivity index (χ0) is 18.2. The fourth-order valence-electron chi connectivity index (χ4n) is 4.15. The lowest BCUT2D eigenvalue weighted by molar-refractivity contribution is 0.163. The maximum atomic E-state index is 11.4. The maximum Gasteiger partial charge on any atom is 0.235 e. The molecule has 25 heavy (non-hydrogen) atoms. The molecule has 130 valence electrons. The summed E-state index contributed by atoms with van der Waals surface area (Å²) in [6.07, 6.45) is 12.4. The van der Waals surface area contributed by atoms with Crippen molar-refractivity contribution in [1.29, 1.82) is 0 Å². The van der Waals surface area contributed by atoms with Crippen molar-refractivity contribution < 1.29 is 9.59 Å². The first kappa shape index (κ1) is 18.8. The Morgan fingerprint density at radius 3 is 2.40 bits per heavy atom. The van der Waals surface area contributed by atoms with Crippen molar-refractivity contribution in [2.45, 2.75) is 56.0 Å². The number of allylic oxidation sites excluding steroid dienone is 1. The molecule has 0 amide bonds. The lowest BCUT2D eigenvalue weighted by Crippen LogP contribution is -2.50. The van der Waals surface area contributed by atoms with E-state index in [1.54, 1.807) is 18.2 Å². The lowest BCUT2D eigenvalue weighted by atomic mass is 9.63. The molecule has 0 saturated heterocycles. The normalized spacial score (nSPS) is 18.1. The van der Waals surface area contributed by atoms with E-state index in [9.17, 15) is 9.59 Å². The summed E-state index contributed by atoms with van der Waals surface area (Å²) in [4.78, 5) is 31.3. The first-order valence-electron chi connectivity index (χ1n) is 8.68. The van der Waals surface area contributed by atoms with Gasteiger partial charge in [-0.2, -0.15) is 9.98 Å². The van der Waals surface area contributed by atoms with Crippen LogP contribution >= 0.6 is 0 Å². The summed E-state index contributed by atoms with van der Waals surface area (Å²) in [6, 6.07) is 7.82. The molecule has 0 heterocycles. The standard InChI is InChI=1S/C21H24N2O2/c1-3-10-18-11-6-7-12-19(18)21(13-4-2,23-17-25)20(22-16-24)14-8-5-9-15-20/h3-4,6-7,11-12H,1-2,5,8-10,13-15H2. The molecular formula is C21H24N2O2. The topological polar surface area (TPSA) is 58.9 Å². The number of isocyanates is 2. The minimum absolute atomic E-state index is 0.404. The molecule has 0 aliphatic heterocycles. The number of carbonyl (C=O) groups excluding carboxylic acids is 2. The third-order valence-corrected chi connectivity index (χ3v) is 5.21. The third kappa shape index (κ3) is 3.46. The first-order valence-corrected chi connectivity index (χ1v) is 8.68. The predicted octanol–water partition coefficient (Wildman–Crippen LogP) is 4.56. The molecule has 1 aromatic carbocycles. The summed E-state index contributed by atoms with van der Waals surface area (Å²) in [7, 11) is 0. The predicted molar refractivity (Wildman–Crippen MR) is 98.9 cm³/mol. The van der Waals surface area contributed by atoms with Gasteiger partial charge in [0.2, 0.25) is 12.2 Å². The monoisotopic (exact) mass is 336 g/mol. The zero-order valence-electron chi connectivity index (χ0n) is 14.5. The summed E-state index contributed by atoms with van der Waals surface area (Å²) in [5.74, 6) is 0. The van der Waals surface area contributed by atoms with Crippen LogP contribution in [0.1, 0.15) is 49.7 Å². The molecule has 4 heteroatoms. The Kier molecular flexibility index (Phi) is 6.41. The molecule has 0 radical (unpaired) electrons. The number of rotatable bonds is 8. The number of benzene rings is 1. The number of hydrogen-bond acceptors (Lipinski definition) is 4. The second-order valence-corrected chi connectivity index (χ2v) is 6.50. The van der Waals surface area contributed by atoms with Crippen molar-refractivity contribution in [3.63, 3.8) is 0 Å². The van der Waals surface area contributed by atoms with Gasteiger partial charge in [0, 0.05) is 0 Å². The molecule has 0 N–H and O–H groups in total. The van der Waals surface area contributed by atoms with Crippen LogP contribution in [-0.4, -0.2) is 17.7 Å². The highest BCUT2D eigenvalue weighted by molar-refractivity contribution is 5.47. The molecule has 2 rings (SSSR count). The maximum absolute atomic E-state index is 11.4. The molecule has 1 aliphatic rings. The highest BCUT2D eigenvalue weighted by Gasteiger charge is 2.53. The Morgan fingerprint density at radius 1 is 1.08 bits per heavy atom. The van der Waals surface area contributed by atoms with E-state index >= 15 is 0 Å². The van der Waals surface area contributed by atoms with Crippen molar-refractivity contribution >= 4 is 12.2 Å². The fraction of sp³-hybridized carbons (Fsp3) is 0.429. The number of hydrogen-bond donors (Lipinski definition) is 0. The van der Waals surface area contributed by atoms with Crippen molar-refractivity contribution in [2.24, 2.45) is 9.98 Å². The Labute approximate surface area is 149 Å². The zero-order valence-corrected chi connectivity index (χ0v) is 14.5. The molecular weight excluding hydrogens is 312 g/mol. The molecule has 4 nitrogen and oxygen atoms in total. The molecule has 0 aromatic heterocycles. The average Bonchev–Trinajstić information content (AvgIpc) is 2.63. The van der Waals surface area contributed by atoms with Crippen molar-refractivity contribution in [3.8, 4) is 0 Å². The molecule has 1 saturated carbocycles. The Balaban J connectivity index is 2.81. The quantitative estimate of drug-likeness (QED) is 0.397. The van der Waals surface area contributed by atoms with E-state index in [4.69, 9.17) is 0 Å². The van der Waals surface area contributed by atoms with Gasteiger partial charge in [0.25, 0.3) is 0 Å². The van der Waals surface area contributed by atoms with Gasteiger partial charge in [0.15, 0.2) is 0 Å². The minimum Gasteiger partial charge on any atom is -0.211 e. The van der Waals surface area contributed by atoms with Crippen LogP contribution in [-0.2, 0) is 21.5 Å². The van der Waals surface area contributed by atoms with E-state index in [0.717, 1.165) is 30.4 Å². The van der Waals surface area contributed by atoms with Gasteiger partial charge in [0.1, 0.15) is 11.1 Å². The van der Waals surface area contributed by atoms with Gasteiger partial charge in [-0.15, -0.1) is 13.2 Å². The van der Waals surface area contributed by atoms with E-state index in [0.29, 0.717) is 25.7 Å². The summed E-state index contributed by atoms with van der Waals surface area (Å²) >= 11 is 0. The van der Waals surface area contributed by atoms with Gasteiger partial charge in [-0.25, -0.2) is 9.59 Å². The highest BCUT2D eigenvalue weighted by Crippen LogP contribution is 2.51. The molecule has 1 unspecified atom stereocenters. The number of nitrogens with zero attached hydrogens (tertiary/aromatic N) is 2. The van der Waals surface area contributed by atoms with Crippen molar-refractivity contribution in [1.82, 2.24) is 0 Å². The van der Waals surface area contributed by atoms with Crippen molar-refractivity contribution in [3.05, 3.63) is 60.7 Å². The van der Waals surface area contributed by atoms with Crippen LogP contribution in [0.3, 0.4) is 0 Å². The molecule has 0 spiro atoms. The Hall–Kier alpha value is -2.54. The summed E-state index contributed by atoms with van der Waals surface area (Å²) in [6.45, 7) is 7.69. The van der Waals surface area contributed by atoms with Crippen LogP contribution in [0.2, 0.25) is 0 Å². The van der Waals surface area contributed by atoms with Gasteiger partial charge in [-0.05, 0) is 36.8 Å². The second-order valence-electron chi connectivity index (χ2n) is 6.50. The molecule has 1 atom stereocenters. The van der Waals surface area contributed by atoms with Crippen LogP contribution in [0, 0.1) is 0 Å². The van der Waals surface area contributed by atoms with Crippen LogP contribution in [0.15, 0.2) is 59.6 Å². The van der Waals surface area contributed by atoms with Crippen molar-refractivity contribution in [2.75, 3.05) is 0 Å². The summed E-state index contributed by atoms with van der Waals surface area (Å²) in [5.41, 5.74) is 0.118. The van der Waals surface area contributed by atoms with E-state index < -0.39 is 11.1 Å². The summed E-state index contributed by atoms with van der Waals surface area (Å²) < 4.78 is 0.